The van der Waals surface area contributed by atoms with Gasteiger partial charge in [-0.05, 0) is 32.9 Å². The van der Waals surface area contributed by atoms with E-state index in [4.69, 9.17) is 5.11 Å². The zero-order valence-corrected chi connectivity index (χ0v) is 11.4. The lowest BCUT2D eigenvalue weighted by Crippen LogP contribution is -2.37. The highest BCUT2D eigenvalue weighted by Crippen LogP contribution is 2.27. The Kier molecular flexibility index (Phi) is 4.36. The second-order valence-electron chi connectivity index (χ2n) is 4.96. The van der Waals surface area contributed by atoms with Crippen LogP contribution < -0.4 is 4.90 Å². The molecule has 0 unspecified atom stereocenters. The summed E-state index contributed by atoms with van der Waals surface area (Å²) in [6.07, 6.45) is 4.27. The first-order chi connectivity index (χ1) is 8.19. The number of aliphatic hydroxyl groups excluding tert-OH is 1. The number of hydrogen-bond acceptors (Lipinski definition) is 5. The maximum absolute atomic E-state index is 9.04. The molecule has 0 atom stereocenters. The molecule has 1 saturated heterocycles. The number of anilines is 1. The average Bonchev–Trinajstić information content (AvgIpc) is 2.78. The van der Waals surface area contributed by atoms with Gasteiger partial charge in [0.25, 0.3) is 0 Å². The molecule has 0 saturated carbocycles. The van der Waals surface area contributed by atoms with Crippen molar-refractivity contribution in [3.05, 3.63) is 11.1 Å². The van der Waals surface area contributed by atoms with Crippen LogP contribution in [0.3, 0.4) is 0 Å². The first-order valence-corrected chi connectivity index (χ1v) is 6.96. The predicted octanol–water partition coefficient (Wildman–Crippen LogP) is 1.41. The molecule has 2 heterocycles. The van der Waals surface area contributed by atoms with E-state index in [1.807, 2.05) is 0 Å². The lowest BCUT2D eigenvalue weighted by atomic mass is 9.97. The SMILES string of the molecule is CN(C)CC1CCN(c2ncc(CO)s2)CC1. The largest absolute Gasteiger partial charge is 0.391 e. The summed E-state index contributed by atoms with van der Waals surface area (Å²) in [6.45, 7) is 3.48. The molecule has 0 aromatic carbocycles. The Hall–Kier alpha value is -0.650. The van der Waals surface area contributed by atoms with Crippen molar-refractivity contribution < 1.29 is 5.11 Å². The van der Waals surface area contributed by atoms with Crippen LogP contribution in [0.4, 0.5) is 5.13 Å². The van der Waals surface area contributed by atoms with Gasteiger partial charge in [0.05, 0.1) is 11.5 Å². The number of hydrogen-bond donors (Lipinski definition) is 1. The van der Waals surface area contributed by atoms with Crippen LogP contribution in [0.1, 0.15) is 17.7 Å². The summed E-state index contributed by atoms with van der Waals surface area (Å²) in [5.41, 5.74) is 0. The maximum atomic E-state index is 9.04. The van der Waals surface area contributed by atoms with Crippen LogP contribution in [0, 0.1) is 5.92 Å². The van der Waals surface area contributed by atoms with E-state index in [-0.39, 0.29) is 6.61 Å². The molecular weight excluding hydrogens is 234 g/mol. The number of nitrogens with zero attached hydrogens (tertiary/aromatic N) is 3. The molecule has 1 aromatic heterocycles. The Balaban J connectivity index is 1.86. The Bertz CT molecular complexity index is 345. The van der Waals surface area contributed by atoms with Crippen LogP contribution in [0.5, 0.6) is 0 Å². The smallest absolute Gasteiger partial charge is 0.185 e. The predicted molar refractivity (Wildman–Crippen MR) is 71.5 cm³/mol. The van der Waals surface area contributed by atoms with Crippen molar-refractivity contribution in [3.63, 3.8) is 0 Å². The van der Waals surface area contributed by atoms with Gasteiger partial charge in [0.2, 0.25) is 0 Å². The molecule has 1 aromatic rings. The summed E-state index contributed by atoms with van der Waals surface area (Å²) in [7, 11) is 4.28. The van der Waals surface area contributed by atoms with Gasteiger partial charge in [-0.25, -0.2) is 4.98 Å². The Labute approximate surface area is 107 Å². The van der Waals surface area contributed by atoms with Crippen molar-refractivity contribution in [2.24, 2.45) is 5.92 Å². The molecule has 0 aliphatic carbocycles. The molecule has 0 radical (unpaired) electrons. The maximum Gasteiger partial charge on any atom is 0.185 e. The van der Waals surface area contributed by atoms with E-state index in [1.165, 1.54) is 19.4 Å². The summed E-state index contributed by atoms with van der Waals surface area (Å²) in [5.74, 6) is 0.818. The second-order valence-corrected chi connectivity index (χ2v) is 6.05. The third-order valence-electron chi connectivity index (χ3n) is 3.21. The normalized spacial score (nSPS) is 18.0. The topological polar surface area (TPSA) is 39.6 Å². The molecule has 1 aliphatic rings. The lowest BCUT2D eigenvalue weighted by Gasteiger charge is -2.32. The lowest BCUT2D eigenvalue weighted by molar-refractivity contribution is 0.285. The van der Waals surface area contributed by atoms with Crippen LogP contribution in [0.2, 0.25) is 0 Å². The van der Waals surface area contributed by atoms with Crippen LogP contribution in [-0.2, 0) is 6.61 Å². The number of piperidine rings is 1. The van der Waals surface area contributed by atoms with Gasteiger partial charge in [-0.15, -0.1) is 0 Å². The fourth-order valence-electron chi connectivity index (χ4n) is 2.34. The van der Waals surface area contributed by atoms with Crippen molar-refractivity contribution in [2.75, 3.05) is 38.6 Å². The van der Waals surface area contributed by atoms with Crippen molar-refractivity contribution in [2.45, 2.75) is 19.4 Å². The van der Waals surface area contributed by atoms with Crippen LogP contribution in [-0.4, -0.2) is 48.7 Å². The second kappa shape index (κ2) is 5.80. The summed E-state index contributed by atoms with van der Waals surface area (Å²) in [5, 5.41) is 10.1. The van der Waals surface area contributed by atoms with E-state index in [0.717, 1.165) is 29.0 Å². The van der Waals surface area contributed by atoms with E-state index in [2.05, 4.69) is 28.9 Å². The van der Waals surface area contributed by atoms with E-state index in [0.29, 0.717) is 0 Å². The third-order valence-corrected chi connectivity index (χ3v) is 4.25. The van der Waals surface area contributed by atoms with E-state index in [1.54, 1.807) is 17.5 Å². The minimum atomic E-state index is 0.106. The Morgan fingerprint density at radius 2 is 2.18 bits per heavy atom. The molecule has 17 heavy (non-hydrogen) atoms. The highest BCUT2D eigenvalue weighted by atomic mass is 32.1. The molecule has 0 amide bonds. The molecule has 2 rings (SSSR count). The van der Waals surface area contributed by atoms with E-state index < -0.39 is 0 Å². The number of thiazole rings is 1. The number of aliphatic hydroxyl groups is 1. The van der Waals surface area contributed by atoms with Gasteiger partial charge in [-0.1, -0.05) is 11.3 Å². The van der Waals surface area contributed by atoms with Gasteiger partial charge in [0.15, 0.2) is 5.13 Å². The van der Waals surface area contributed by atoms with Crippen molar-refractivity contribution in [1.82, 2.24) is 9.88 Å². The third kappa shape index (κ3) is 3.40. The molecule has 1 N–H and O–H groups in total. The number of rotatable bonds is 4. The zero-order chi connectivity index (χ0) is 12.3. The minimum absolute atomic E-state index is 0.106. The summed E-state index contributed by atoms with van der Waals surface area (Å²) >= 11 is 1.61. The first-order valence-electron chi connectivity index (χ1n) is 6.14. The van der Waals surface area contributed by atoms with Gasteiger partial charge in [-0.2, -0.15) is 0 Å². The Morgan fingerprint density at radius 3 is 2.71 bits per heavy atom. The minimum Gasteiger partial charge on any atom is -0.391 e. The van der Waals surface area contributed by atoms with Crippen LogP contribution in [0.15, 0.2) is 6.20 Å². The molecule has 4 nitrogen and oxygen atoms in total. The molecule has 1 fully saturated rings. The van der Waals surface area contributed by atoms with Crippen LogP contribution >= 0.6 is 11.3 Å². The summed E-state index contributed by atoms with van der Waals surface area (Å²) < 4.78 is 0. The van der Waals surface area contributed by atoms with Crippen molar-refractivity contribution >= 4 is 16.5 Å². The monoisotopic (exact) mass is 255 g/mol. The quantitative estimate of drug-likeness (QED) is 0.883. The standard InChI is InChI=1S/C12H21N3OS/c1-14(2)8-10-3-5-15(6-4-10)12-13-7-11(9-16)17-12/h7,10,16H,3-6,8-9H2,1-2H3. The summed E-state index contributed by atoms with van der Waals surface area (Å²) in [4.78, 5) is 9.94. The number of aromatic nitrogens is 1. The van der Waals surface area contributed by atoms with Crippen molar-refractivity contribution in [1.29, 1.82) is 0 Å². The molecule has 0 spiro atoms. The van der Waals surface area contributed by atoms with Gasteiger partial charge in [0.1, 0.15) is 0 Å². The zero-order valence-electron chi connectivity index (χ0n) is 10.6. The van der Waals surface area contributed by atoms with Gasteiger partial charge >= 0.3 is 0 Å². The first kappa shape index (κ1) is 12.8. The van der Waals surface area contributed by atoms with E-state index >= 15 is 0 Å². The Morgan fingerprint density at radius 1 is 1.47 bits per heavy atom. The van der Waals surface area contributed by atoms with Gasteiger partial charge in [0, 0.05) is 25.8 Å². The molecular formula is C12H21N3OS. The van der Waals surface area contributed by atoms with E-state index in [9.17, 15) is 0 Å². The molecule has 1 aliphatic heterocycles. The fraction of sp³-hybridized carbons (Fsp3) is 0.750. The fourth-order valence-corrected chi connectivity index (χ4v) is 3.16. The van der Waals surface area contributed by atoms with Gasteiger partial charge < -0.3 is 14.9 Å². The molecule has 5 heteroatoms. The average molecular weight is 255 g/mol. The van der Waals surface area contributed by atoms with Gasteiger partial charge in [-0.3, -0.25) is 0 Å². The summed E-state index contributed by atoms with van der Waals surface area (Å²) in [6, 6.07) is 0. The van der Waals surface area contributed by atoms with Crippen LogP contribution in [0.25, 0.3) is 0 Å². The van der Waals surface area contributed by atoms with Crippen molar-refractivity contribution in [3.8, 4) is 0 Å². The molecule has 0 bridgehead atoms. The molecule has 96 valence electrons. The highest BCUT2D eigenvalue weighted by Gasteiger charge is 2.21. The highest BCUT2D eigenvalue weighted by molar-refractivity contribution is 7.15.